The SMILES string of the molecule is O[C@@H]1[C@H](O)[C@@H](C2CCNCC2)C[C@H]1n1cc(Br)c2c(Cl)nc(Cl)nc21. The number of halogens is 3. The minimum absolute atomic E-state index is 0.0623. The van der Waals surface area contributed by atoms with E-state index in [4.69, 9.17) is 23.2 Å². The van der Waals surface area contributed by atoms with Gasteiger partial charge in [0.1, 0.15) is 16.9 Å². The maximum Gasteiger partial charge on any atom is 0.225 e. The minimum Gasteiger partial charge on any atom is -0.390 e. The first-order valence-electron chi connectivity index (χ1n) is 8.43. The second-order valence-electron chi connectivity index (χ2n) is 6.90. The molecule has 9 heteroatoms. The van der Waals surface area contributed by atoms with E-state index >= 15 is 0 Å². The van der Waals surface area contributed by atoms with Crippen molar-refractivity contribution in [2.75, 3.05) is 13.1 Å². The first kappa shape index (κ1) is 17.9. The fourth-order valence-corrected chi connectivity index (χ4v) is 5.52. The molecule has 4 rings (SSSR count). The molecule has 0 spiro atoms. The van der Waals surface area contributed by atoms with Crippen LogP contribution in [0.2, 0.25) is 10.4 Å². The van der Waals surface area contributed by atoms with Crippen LogP contribution in [0.25, 0.3) is 11.0 Å². The predicted octanol–water partition coefficient (Wildman–Crippen LogP) is 2.78. The van der Waals surface area contributed by atoms with E-state index in [0.29, 0.717) is 23.4 Å². The van der Waals surface area contributed by atoms with Gasteiger partial charge in [0.15, 0.2) is 0 Å². The van der Waals surface area contributed by atoms with Gasteiger partial charge >= 0.3 is 0 Å². The number of hydrogen-bond acceptors (Lipinski definition) is 5. The van der Waals surface area contributed by atoms with Crippen LogP contribution in [0, 0.1) is 11.8 Å². The van der Waals surface area contributed by atoms with E-state index in [2.05, 4.69) is 31.2 Å². The summed E-state index contributed by atoms with van der Waals surface area (Å²) in [7, 11) is 0. The molecular formula is C16H19BrCl2N4O2. The molecule has 1 aliphatic heterocycles. The summed E-state index contributed by atoms with van der Waals surface area (Å²) in [4.78, 5) is 8.28. The van der Waals surface area contributed by atoms with Crippen molar-refractivity contribution in [1.29, 1.82) is 0 Å². The van der Waals surface area contributed by atoms with Crippen LogP contribution in [0.15, 0.2) is 10.7 Å². The van der Waals surface area contributed by atoms with Crippen molar-refractivity contribution < 1.29 is 10.2 Å². The summed E-state index contributed by atoms with van der Waals surface area (Å²) >= 11 is 15.7. The molecule has 0 unspecified atom stereocenters. The van der Waals surface area contributed by atoms with Crippen LogP contribution in [0.3, 0.4) is 0 Å². The van der Waals surface area contributed by atoms with Gasteiger partial charge in [-0.05, 0) is 71.7 Å². The normalized spacial score (nSPS) is 31.1. The van der Waals surface area contributed by atoms with Crippen molar-refractivity contribution >= 4 is 50.2 Å². The average molecular weight is 450 g/mol. The molecule has 4 atom stereocenters. The summed E-state index contributed by atoms with van der Waals surface area (Å²) in [5, 5.41) is 25.7. The number of fused-ring (bicyclic) bond motifs is 1. The number of aromatic nitrogens is 3. The van der Waals surface area contributed by atoms with E-state index in [1.165, 1.54) is 0 Å². The lowest BCUT2D eigenvalue weighted by Crippen LogP contribution is -2.37. The number of aliphatic hydroxyl groups is 2. The van der Waals surface area contributed by atoms with Gasteiger partial charge in [0.25, 0.3) is 0 Å². The molecule has 136 valence electrons. The van der Waals surface area contributed by atoms with Gasteiger partial charge in [-0.1, -0.05) is 11.6 Å². The van der Waals surface area contributed by atoms with Crippen molar-refractivity contribution in [2.24, 2.45) is 11.8 Å². The average Bonchev–Trinajstić information content (AvgIpc) is 3.06. The molecule has 1 saturated carbocycles. The number of nitrogens with one attached hydrogen (secondary N) is 1. The third kappa shape index (κ3) is 3.09. The topological polar surface area (TPSA) is 83.2 Å². The number of piperidine rings is 1. The first-order valence-corrected chi connectivity index (χ1v) is 9.98. The van der Waals surface area contributed by atoms with Gasteiger partial charge in [0.05, 0.1) is 17.5 Å². The smallest absolute Gasteiger partial charge is 0.225 e. The number of rotatable bonds is 2. The molecule has 0 bridgehead atoms. The highest BCUT2D eigenvalue weighted by Crippen LogP contribution is 2.44. The maximum absolute atomic E-state index is 10.7. The lowest BCUT2D eigenvalue weighted by molar-refractivity contribution is -0.00768. The van der Waals surface area contributed by atoms with E-state index in [0.717, 1.165) is 30.4 Å². The van der Waals surface area contributed by atoms with Gasteiger partial charge in [-0.3, -0.25) is 0 Å². The highest BCUT2D eigenvalue weighted by atomic mass is 79.9. The Bertz CT molecular complexity index is 796. The Morgan fingerprint density at radius 2 is 1.88 bits per heavy atom. The fourth-order valence-electron chi connectivity index (χ4n) is 4.35. The lowest BCUT2D eigenvalue weighted by atomic mass is 9.82. The Labute approximate surface area is 163 Å². The Morgan fingerprint density at radius 1 is 1.16 bits per heavy atom. The molecule has 0 amide bonds. The summed E-state index contributed by atoms with van der Waals surface area (Å²) < 4.78 is 2.62. The van der Waals surface area contributed by atoms with E-state index in [9.17, 15) is 10.2 Å². The second kappa shape index (κ2) is 6.94. The molecule has 1 saturated heterocycles. The molecular weight excluding hydrogens is 431 g/mol. The van der Waals surface area contributed by atoms with Crippen LogP contribution in [0.4, 0.5) is 0 Å². The van der Waals surface area contributed by atoms with Crippen molar-refractivity contribution in [1.82, 2.24) is 19.9 Å². The van der Waals surface area contributed by atoms with Crippen LogP contribution in [0.5, 0.6) is 0 Å². The van der Waals surface area contributed by atoms with Gasteiger partial charge in [-0.2, -0.15) is 4.98 Å². The van der Waals surface area contributed by atoms with Gasteiger partial charge < -0.3 is 20.1 Å². The zero-order valence-corrected chi connectivity index (χ0v) is 16.5. The monoisotopic (exact) mass is 448 g/mol. The summed E-state index contributed by atoms with van der Waals surface area (Å²) in [5.74, 6) is 0.495. The lowest BCUT2D eigenvalue weighted by Gasteiger charge is -2.30. The molecule has 2 aromatic rings. The standard InChI is InChI=1S/C16H19BrCl2N4O2/c17-9-6-23(15-11(9)14(18)21-16(19)22-15)10-5-8(12(24)13(10)25)7-1-3-20-4-2-7/h6-8,10,12-13,20,24-25H,1-5H2/t8-,10-,12-,13+/m1/s1. The van der Waals surface area contributed by atoms with Crippen LogP contribution >= 0.6 is 39.1 Å². The predicted molar refractivity (Wildman–Crippen MR) is 100.0 cm³/mol. The molecule has 3 heterocycles. The fraction of sp³-hybridized carbons (Fsp3) is 0.625. The zero-order chi connectivity index (χ0) is 17.7. The zero-order valence-electron chi connectivity index (χ0n) is 13.4. The molecule has 6 nitrogen and oxygen atoms in total. The Morgan fingerprint density at radius 3 is 2.60 bits per heavy atom. The van der Waals surface area contributed by atoms with Gasteiger partial charge in [0, 0.05) is 10.7 Å². The van der Waals surface area contributed by atoms with Gasteiger partial charge in [0.2, 0.25) is 5.28 Å². The molecule has 25 heavy (non-hydrogen) atoms. The van der Waals surface area contributed by atoms with Crippen LogP contribution in [0.1, 0.15) is 25.3 Å². The third-order valence-corrected chi connectivity index (χ3v) is 6.64. The summed E-state index contributed by atoms with van der Waals surface area (Å²) in [6, 6.07) is -0.272. The Kier molecular flexibility index (Phi) is 4.98. The van der Waals surface area contributed by atoms with E-state index in [1.807, 2.05) is 10.8 Å². The number of aliphatic hydroxyl groups excluding tert-OH is 2. The maximum atomic E-state index is 10.7. The first-order chi connectivity index (χ1) is 12.0. The van der Waals surface area contributed by atoms with Crippen LogP contribution in [-0.2, 0) is 0 Å². The van der Waals surface area contributed by atoms with Crippen molar-refractivity contribution in [3.05, 3.63) is 21.1 Å². The highest BCUT2D eigenvalue weighted by Gasteiger charge is 2.46. The molecule has 2 aliphatic rings. The molecule has 1 aliphatic carbocycles. The van der Waals surface area contributed by atoms with Crippen molar-refractivity contribution in [3.63, 3.8) is 0 Å². The van der Waals surface area contributed by atoms with E-state index in [-0.39, 0.29) is 22.4 Å². The summed E-state index contributed by atoms with van der Waals surface area (Å²) in [6.45, 7) is 1.93. The quantitative estimate of drug-likeness (QED) is 0.485. The molecule has 2 fully saturated rings. The Hall–Kier alpha value is -0.440. The van der Waals surface area contributed by atoms with Crippen molar-refractivity contribution in [2.45, 2.75) is 37.5 Å². The van der Waals surface area contributed by atoms with Gasteiger partial charge in [-0.25, -0.2) is 4.98 Å². The van der Waals surface area contributed by atoms with Gasteiger partial charge in [-0.15, -0.1) is 0 Å². The molecule has 0 aromatic carbocycles. The molecule has 2 aromatic heterocycles. The van der Waals surface area contributed by atoms with Crippen LogP contribution in [-0.4, -0.2) is 50.0 Å². The van der Waals surface area contributed by atoms with Crippen LogP contribution < -0.4 is 5.32 Å². The second-order valence-corrected chi connectivity index (χ2v) is 8.45. The third-order valence-electron chi connectivity index (χ3n) is 5.60. The Balaban J connectivity index is 1.71. The number of nitrogens with zero attached hydrogens (tertiary/aromatic N) is 3. The largest absolute Gasteiger partial charge is 0.390 e. The van der Waals surface area contributed by atoms with E-state index in [1.54, 1.807) is 0 Å². The highest BCUT2D eigenvalue weighted by molar-refractivity contribution is 9.10. The molecule has 3 N–H and O–H groups in total. The number of hydrogen-bond donors (Lipinski definition) is 3. The minimum atomic E-state index is -0.852. The molecule has 0 radical (unpaired) electrons. The summed E-state index contributed by atoms with van der Waals surface area (Å²) in [5.41, 5.74) is 0.569. The summed E-state index contributed by atoms with van der Waals surface area (Å²) in [6.07, 6.45) is 3.00. The van der Waals surface area contributed by atoms with E-state index < -0.39 is 12.2 Å². The van der Waals surface area contributed by atoms with Crippen molar-refractivity contribution in [3.8, 4) is 0 Å².